The van der Waals surface area contributed by atoms with Crippen LogP contribution in [0, 0.1) is 5.92 Å². The molecule has 1 N–H and O–H groups in total. The van der Waals surface area contributed by atoms with E-state index in [2.05, 4.69) is 0 Å². The normalized spacial score (nSPS) is 29.0. The largest absolute Gasteiger partial charge is 0.391 e. The summed E-state index contributed by atoms with van der Waals surface area (Å²) in [5.41, 5.74) is 0. The number of rotatable bonds is 3. The lowest BCUT2D eigenvalue weighted by atomic mass is 10.1. The van der Waals surface area contributed by atoms with Crippen molar-refractivity contribution < 1.29 is 13.5 Å². The molecular formula is C11H15NO3S2. The van der Waals surface area contributed by atoms with Crippen molar-refractivity contribution in [2.24, 2.45) is 5.92 Å². The summed E-state index contributed by atoms with van der Waals surface area (Å²) in [4.78, 5) is 1.05. The Kier molecular flexibility index (Phi) is 2.77. The first-order valence-corrected chi connectivity index (χ1v) is 8.13. The van der Waals surface area contributed by atoms with E-state index in [4.69, 9.17) is 5.11 Å². The predicted octanol–water partition coefficient (Wildman–Crippen LogP) is 1.41. The van der Waals surface area contributed by atoms with Gasteiger partial charge in [-0.25, -0.2) is 8.42 Å². The first kappa shape index (κ1) is 11.6. The zero-order chi connectivity index (χ0) is 12.0. The van der Waals surface area contributed by atoms with E-state index in [0.29, 0.717) is 22.2 Å². The summed E-state index contributed by atoms with van der Waals surface area (Å²) in [6.07, 6.45) is 3.19. The third-order valence-electron chi connectivity index (χ3n) is 3.75. The maximum atomic E-state index is 12.4. The molecule has 1 aliphatic heterocycles. The summed E-state index contributed by atoms with van der Waals surface area (Å²) >= 11 is 1.30. The van der Waals surface area contributed by atoms with E-state index < -0.39 is 10.0 Å². The molecule has 2 heterocycles. The lowest BCUT2D eigenvalue weighted by Gasteiger charge is -2.25. The summed E-state index contributed by atoms with van der Waals surface area (Å²) in [5, 5.41) is 10.6. The van der Waals surface area contributed by atoms with Crippen LogP contribution in [0.5, 0.6) is 0 Å². The van der Waals surface area contributed by atoms with Crippen LogP contribution in [0.15, 0.2) is 16.3 Å². The van der Waals surface area contributed by atoms with E-state index in [9.17, 15) is 8.42 Å². The Morgan fingerprint density at radius 1 is 1.47 bits per heavy atom. The molecule has 1 saturated carbocycles. The predicted molar refractivity (Wildman–Crippen MR) is 65.3 cm³/mol. The second-order valence-electron chi connectivity index (χ2n) is 4.81. The molecule has 2 atom stereocenters. The van der Waals surface area contributed by atoms with Gasteiger partial charge >= 0.3 is 0 Å². The van der Waals surface area contributed by atoms with Crippen LogP contribution in [0.1, 0.15) is 24.1 Å². The van der Waals surface area contributed by atoms with Gasteiger partial charge in [-0.3, -0.25) is 0 Å². The maximum absolute atomic E-state index is 12.4. The number of hydrogen-bond donors (Lipinski definition) is 1. The topological polar surface area (TPSA) is 57.6 Å². The number of aliphatic hydroxyl groups excluding tert-OH is 1. The molecule has 17 heavy (non-hydrogen) atoms. The van der Waals surface area contributed by atoms with Crippen molar-refractivity contribution in [2.45, 2.75) is 36.8 Å². The summed E-state index contributed by atoms with van der Waals surface area (Å²) in [6.45, 7) is 0.587. The van der Waals surface area contributed by atoms with Gasteiger partial charge in [0, 0.05) is 22.8 Å². The van der Waals surface area contributed by atoms with Gasteiger partial charge < -0.3 is 5.11 Å². The Morgan fingerprint density at radius 2 is 2.29 bits per heavy atom. The van der Waals surface area contributed by atoms with Crippen LogP contribution in [-0.4, -0.2) is 30.4 Å². The number of aliphatic hydroxyl groups is 1. The number of nitrogens with zero attached hydrogens (tertiary/aromatic N) is 1. The number of fused-ring (bicyclic) bond motifs is 2. The van der Waals surface area contributed by atoms with E-state index in [1.807, 2.05) is 0 Å². The van der Waals surface area contributed by atoms with Crippen LogP contribution in [-0.2, 0) is 16.6 Å². The van der Waals surface area contributed by atoms with Gasteiger partial charge in [0.25, 0.3) is 0 Å². The third kappa shape index (κ3) is 1.83. The molecule has 94 valence electrons. The minimum absolute atomic E-state index is 0.0910. The molecule has 3 rings (SSSR count). The molecule has 0 radical (unpaired) electrons. The molecule has 2 aliphatic rings. The van der Waals surface area contributed by atoms with Crippen LogP contribution in [0.2, 0.25) is 0 Å². The summed E-state index contributed by atoms with van der Waals surface area (Å²) in [5.74, 6) is 0.561. The maximum Gasteiger partial charge on any atom is 0.244 e. The SMILES string of the molecule is O=S(=O)(c1csc(CO)c1)N1CC2CCC1C2. The lowest BCUT2D eigenvalue weighted by molar-refractivity contribution is 0.285. The fourth-order valence-electron chi connectivity index (χ4n) is 2.89. The monoisotopic (exact) mass is 273 g/mol. The first-order chi connectivity index (χ1) is 8.11. The van der Waals surface area contributed by atoms with Crippen molar-refractivity contribution >= 4 is 21.4 Å². The van der Waals surface area contributed by atoms with E-state index >= 15 is 0 Å². The van der Waals surface area contributed by atoms with Gasteiger partial charge in [-0.1, -0.05) is 0 Å². The van der Waals surface area contributed by atoms with Gasteiger partial charge in [0.1, 0.15) is 0 Å². The first-order valence-electron chi connectivity index (χ1n) is 5.81. The van der Waals surface area contributed by atoms with Crippen molar-refractivity contribution in [1.29, 1.82) is 0 Å². The number of hydrogen-bond acceptors (Lipinski definition) is 4. The number of sulfonamides is 1. The highest BCUT2D eigenvalue weighted by atomic mass is 32.2. The van der Waals surface area contributed by atoms with Crippen molar-refractivity contribution in [3.05, 3.63) is 16.3 Å². The Bertz CT molecular complexity index is 523. The Morgan fingerprint density at radius 3 is 2.82 bits per heavy atom. The minimum atomic E-state index is -3.33. The fraction of sp³-hybridized carbons (Fsp3) is 0.636. The molecule has 1 aromatic heterocycles. The average Bonchev–Trinajstić information content (AvgIpc) is 3.04. The fourth-order valence-corrected chi connectivity index (χ4v) is 5.75. The zero-order valence-corrected chi connectivity index (χ0v) is 11.0. The van der Waals surface area contributed by atoms with Gasteiger partial charge in [-0.15, -0.1) is 11.3 Å². The van der Waals surface area contributed by atoms with Crippen LogP contribution < -0.4 is 0 Å². The molecule has 0 spiro atoms. The second kappa shape index (κ2) is 4.05. The van der Waals surface area contributed by atoms with Crippen LogP contribution in [0.25, 0.3) is 0 Å². The smallest absolute Gasteiger partial charge is 0.244 e. The Hall–Kier alpha value is -0.430. The van der Waals surface area contributed by atoms with E-state index in [-0.39, 0.29) is 12.6 Å². The Labute approximate surface area is 105 Å². The quantitative estimate of drug-likeness (QED) is 0.906. The van der Waals surface area contributed by atoms with Crippen molar-refractivity contribution in [3.63, 3.8) is 0 Å². The van der Waals surface area contributed by atoms with Crippen LogP contribution in [0.4, 0.5) is 0 Å². The average molecular weight is 273 g/mol. The molecule has 4 nitrogen and oxygen atoms in total. The molecule has 1 aliphatic carbocycles. The minimum Gasteiger partial charge on any atom is -0.391 e. The molecular weight excluding hydrogens is 258 g/mol. The molecule has 2 bridgehead atoms. The third-order valence-corrected chi connectivity index (χ3v) is 6.72. The second-order valence-corrected chi connectivity index (χ2v) is 7.70. The Balaban J connectivity index is 1.90. The highest BCUT2D eigenvalue weighted by Crippen LogP contribution is 2.40. The molecule has 2 unspecified atom stereocenters. The van der Waals surface area contributed by atoms with Gasteiger partial charge in [-0.2, -0.15) is 4.31 Å². The summed E-state index contributed by atoms with van der Waals surface area (Å²) < 4.78 is 26.5. The number of piperidine rings is 1. The summed E-state index contributed by atoms with van der Waals surface area (Å²) in [6, 6.07) is 1.80. The highest BCUT2D eigenvalue weighted by Gasteiger charge is 2.44. The van der Waals surface area contributed by atoms with Gasteiger partial charge in [0.15, 0.2) is 0 Å². The molecule has 1 saturated heterocycles. The van der Waals surface area contributed by atoms with Gasteiger partial charge in [-0.05, 0) is 31.2 Å². The van der Waals surface area contributed by atoms with Crippen molar-refractivity contribution in [3.8, 4) is 0 Å². The van der Waals surface area contributed by atoms with Gasteiger partial charge in [0.05, 0.1) is 11.5 Å². The van der Waals surface area contributed by atoms with Gasteiger partial charge in [0.2, 0.25) is 10.0 Å². The molecule has 1 aromatic rings. The molecule has 6 heteroatoms. The van der Waals surface area contributed by atoms with Crippen molar-refractivity contribution in [1.82, 2.24) is 4.31 Å². The van der Waals surface area contributed by atoms with Crippen LogP contribution >= 0.6 is 11.3 Å². The number of thiophene rings is 1. The lowest BCUT2D eigenvalue weighted by Crippen LogP contribution is -2.37. The molecule has 0 aromatic carbocycles. The molecule has 0 amide bonds. The highest BCUT2D eigenvalue weighted by molar-refractivity contribution is 7.89. The van der Waals surface area contributed by atoms with E-state index in [0.717, 1.165) is 12.8 Å². The summed E-state index contributed by atoms with van der Waals surface area (Å²) in [7, 11) is -3.33. The van der Waals surface area contributed by atoms with Crippen LogP contribution in [0.3, 0.4) is 0 Å². The van der Waals surface area contributed by atoms with Crippen molar-refractivity contribution in [2.75, 3.05) is 6.54 Å². The standard InChI is InChI=1S/C11H15NO3S2/c13-6-10-4-11(7-16-10)17(14,15)12-5-8-1-2-9(12)3-8/h4,7-9,13H,1-3,5-6H2. The zero-order valence-electron chi connectivity index (χ0n) is 9.37. The van der Waals surface area contributed by atoms with E-state index in [1.54, 1.807) is 15.8 Å². The van der Waals surface area contributed by atoms with E-state index in [1.165, 1.54) is 17.8 Å². The molecule has 2 fully saturated rings.